The normalized spacial score (nSPS) is 9.97. The summed E-state index contributed by atoms with van der Waals surface area (Å²) < 4.78 is 5.12. The number of nitrogens with one attached hydrogen (secondary N) is 4. The van der Waals surface area contributed by atoms with Crippen LogP contribution >= 0.6 is 23.8 Å². The zero-order chi connectivity index (χ0) is 22.1. The number of halogens is 1. The van der Waals surface area contributed by atoms with Crippen LogP contribution in [0.2, 0.25) is 5.02 Å². The molecule has 30 heavy (non-hydrogen) atoms. The van der Waals surface area contributed by atoms with Crippen LogP contribution in [0, 0.1) is 6.92 Å². The van der Waals surface area contributed by atoms with Crippen molar-refractivity contribution >= 4 is 52.3 Å². The molecular formula is C20H21ClN4O4S. The van der Waals surface area contributed by atoms with Gasteiger partial charge in [0.25, 0.3) is 5.91 Å². The predicted octanol–water partition coefficient (Wildman–Crippen LogP) is 2.71. The molecule has 2 aromatic rings. The number of para-hydroxylation sites is 1. The summed E-state index contributed by atoms with van der Waals surface area (Å²) in [4.78, 5) is 36.2. The molecule has 0 saturated heterocycles. The number of benzene rings is 2. The van der Waals surface area contributed by atoms with E-state index in [1.165, 1.54) is 7.11 Å². The van der Waals surface area contributed by atoms with Gasteiger partial charge in [-0.3, -0.25) is 30.6 Å². The number of hydrazine groups is 1. The quantitative estimate of drug-likeness (QED) is 0.399. The standard InChI is InChI=1S/C20H21ClN4O4S/c1-12-14(21)7-5-8-15(12)22-17(26)10-11-18(27)24-25-20(30)23-19(28)13-6-3-4-9-16(13)29-2/h3-9H,10-11H2,1-2H3,(H,22,26)(H,24,27)(H2,23,25,28,30). The molecule has 0 radical (unpaired) electrons. The smallest absolute Gasteiger partial charge is 0.261 e. The van der Waals surface area contributed by atoms with E-state index in [2.05, 4.69) is 21.5 Å². The first-order valence-electron chi connectivity index (χ1n) is 8.90. The lowest BCUT2D eigenvalue weighted by Gasteiger charge is -2.12. The second-order valence-corrected chi connectivity index (χ2v) is 6.93. The van der Waals surface area contributed by atoms with Crippen LogP contribution in [-0.4, -0.2) is 29.9 Å². The molecule has 3 amide bonds. The Morgan fingerprint density at radius 2 is 1.70 bits per heavy atom. The molecule has 0 saturated carbocycles. The van der Waals surface area contributed by atoms with E-state index in [1.807, 2.05) is 0 Å². The van der Waals surface area contributed by atoms with Gasteiger partial charge in [-0.25, -0.2) is 0 Å². The van der Waals surface area contributed by atoms with Crippen LogP contribution in [0.5, 0.6) is 5.75 Å². The third-order valence-electron chi connectivity index (χ3n) is 4.02. The summed E-state index contributed by atoms with van der Waals surface area (Å²) >= 11 is 11.0. The molecule has 0 bridgehead atoms. The Kier molecular flexibility index (Phi) is 8.57. The number of amides is 3. The number of methoxy groups -OCH3 is 1. The third-order valence-corrected chi connectivity index (χ3v) is 4.63. The second kappa shape index (κ2) is 11.1. The number of thiocarbonyl (C=S) groups is 1. The summed E-state index contributed by atoms with van der Waals surface area (Å²) in [6.07, 6.45) is -0.124. The molecule has 4 N–H and O–H groups in total. The summed E-state index contributed by atoms with van der Waals surface area (Å²) in [5, 5.41) is 5.58. The van der Waals surface area contributed by atoms with Crippen molar-refractivity contribution in [1.82, 2.24) is 16.2 Å². The van der Waals surface area contributed by atoms with Gasteiger partial charge in [-0.05, 0) is 49.0 Å². The van der Waals surface area contributed by atoms with Gasteiger partial charge < -0.3 is 10.1 Å². The number of carbonyl (C=O) groups is 3. The lowest BCUT2D eigenvalue weighted by Crippen LogP contribution is -2.48. The van der Waals surface area contributed by atoms with Crippen LogP contribution in [0.1, 0.15) is 28.8 Å². The number of ether oxygens (including phenoxy) is 1. The van der Waals surface area contributed by atoms with E-state index in [0.29, 0.717) is 22.0 Å². The van der Waals surface area contributed by atoms with Crippen LogP contribution in [0.4, 0.5) is 5.69 Å². The van der Waals surface area contributed by atoms with E-state index in [1.54, 1.807) is 49.4 Å². The SMILES string of the molecule is COc1ccccc1C(=O)NC(=S)NNC(=O)CCC(=O)Nc1cccc(Cl)c1C. The fourth-order valence-electron chi connectivity index (χ4n) is 2.41. The summed E-state index contributed by atoms with van der Waals surface area (Å²) in [7, 11) is 1.45. The average molecular weight is 449 g/mol. The van der Waals surface area contributed by atoms with Gasteiger partial charge in [0, 0.05) is 23.6 Å². The van der Waals surface area contributed by atoms with Crippen molar-refractivity contribution in [3.63, 3.8) is 0 Å². The molecule has 158 valence electrons. The van der Waals surface area contributed by atoms with Crippen molar-refractivity contribution in [3.8, 4) is 5.75 Å². The molecular weight excluding hydrogens is 428 g/mol. The van der Waals surface area contributed by atoms with Gasteiger partial charge in [0.1, 0.15) is 5.75 Å². The molecule has 0 aliphatic rings. The van der Waals surface area contributed by atoms with Crippen LogP contribution in [0.3, 0.4) is 0 Å². The van der Waals surface area contributed by atoms with Crippen molar-refractivity contribution in [2.45, 2.75) is 19.8 Å². The van der Waals surface area contributed by atoms with E-state index < -0.39 is 11.8 Å². The number of hydrogen-bond acceptors (Lipinski definition) is 5. The maximum atomic E-state index is 12.2. The highest BCUT2D eigenvalue weighted by atomic mass is 35.5. The van der Waals surface area contributed by atoms with Crippen LogP contribution in [-0.2, 0) is 9.59 Å². The molecule has 0 aliphatic heterocycles. The van der Waals surface area contributed by atoms with Crippen LogP contribution < -0.4 is 26.2 Å². The lowest BCUT2D eigenvalue weighted by atomic mass is 10.2. The first-order valence-corrected chi connectivity index (χ1v) is 9.68. The molecule has 0 fully saturated rings. The number of hydrogen-bond donors (Lipinski definition) is 4. The number of carbonyl (C=O) groups excluding carboxylic acids is 3. The van der Waals surface area contributed by atoms with Gasteiger partial charge in [0.15, 0.2) is 5.11 Å². The second-order valence-electron chi connectivity index (χ2n) is 6.12. The minimum atomic E-state index is -0.490. The topological polar surface area (TPSA) is 109 Å². The van der Waals surface area contributed by atoms with E-state index in [0.717, 1.165) is 5.56 Å². The minimum absolute atomic E-state index is 0.0419. The first kappa shape index (κ1) is 23.1. The van der Waals surface area contributed by atoms with Gasteiger partial charge in [-0.1, -0.05) is 29.8 Å². The monoisotopic (exact) mass is 448 g/mol. The Morgan fingerprint density at radius 3 is 2.43 bits per heavy atom. The predicted molar refractivity (Wildman–Crippen MR) is 118 cm³/mol. The summed E-state index contributed by atoms with van der Waals surface area (Å²) in [5.41, 5.74) is 6.38. The largest absolute Gasteiger partial charge is 0.496 e. The fraction of sp³-hybridized carbons (Fsp3) is 0.200. The van der Waals surface area contributed by atoms with Crippen molar-refractivity contribution in [2.75, 3.05) is 12.4 Å². The van der Waals surface area contributed by atoms with Crippen LogP contribution in [0.25, 0.3) is 0 Å². The first-order chi connectivity index (χ1) is 14.3. The molecule has 0 unspecified atom stereocenters. The molecule has 0 aliphatic carbocycles. The molecule has 10 heteroatoms. The zero-order valence-electron chi connectivity index (χ0n) is 16.4. The third kappa shape index (κ3) is 6.71. The molecule has 0 atom stereocenters. The zero-order valence-corrected chi connectivity index (χ0v) is 17.9. The van der Waals surface area contributed by atoms with E-state index >= 15 is 0 Å². The van der Waals surface area contributed by atoms with Gasteiger partial charge in [-0.15, -0.1) is 0 Å². The molecule has 2 rings (SSSR count). The Balaban J connectivity index is 1.74. The van der Waals surface area contributed by atoms with E-state index in [-0.39, 0.29) is 23.9 Å². The summed E-state index contributed by atoms with van der Waals surface area (Å²) in [6, 6.07) is 11.8. The summed E-state index contributed by atoms with van der Waals surface area (Å²) in [5.74, 6) is -0.900. The van der Waals surface area contributed by atoms with Crippen molar-refractivity contribution in [2.24, 2.45) is 0 Å². The highest BCUT2D eigenvalue weighted by Gasteiger charge is 2.14. The number of anilines is 1. The highest BCUT2D eigenvalue weighted by molar-refractivity contribution is 7.80. The molecule has 0 aromatic heterocycles. The highest BCUT2D eigenvalue weighted by Crippen LogP contribution is 2.23. The van der Waals surface area contributed by atoms with Gasteiger partial charge >= 0.3 is 0 Å². The minimum Gasteiger partial charge on any atom is -0.496 e. The van der Waals surface area contributed by atoms with Crippen LogP contribution in [0.15, 0.2) is 42.5 Å². The van der Waals surface area contributed by atoms with E-state index in [9.17, 15) is 14.4 Å². The van der Waals surface area contributed by atoms with Crippen molar-refractivity contribution < 1.29 is 19.1 Å². The Hall–Kier alpha value is -3.17. The fourth-order valence-corrected chi connectivity index (χ4v) is 2.72. The lowest BCUT2D eigenvalue weighted by molar-refractivity contribution is -0.124. The molecule has 2 aromatic carbocycles. The summed E-state index contributed by atoms with van der Waals surface area (Å²) in [6.45, 7) is 1.79. The molecule has 0 spiro atoms. The van der Waals surface area contributed by atoms with Crippen molar-refractivity contribution in [3.05, 3.63) is 58.6 Å². The van der Waals surface area contributed by atoms with Gasteiger partial charge in [-0.2, -0.15) is 0 Å². The molecule has 0 heterocycles. The molecule has 8 nitrogen and oxygen atoms in total. The Labute approximate surface area is 184 Å². The van der Waals surface area contributed by atoms with Crippen molar-refractivity contribution in [1.29, 1.82) is 0 Å². The van der Waals surface area contributed by atoms with E-state index in [4.69, 9.17) is 28.6 Å². The van der Waals surface area contributed by atoms with Gasteiger partial charge in [0.2, 0.25) is 11.8 Å². The average Bonchev–Trinajstić information content (AvgIpc) is 2.74. The Bertz CT molecular complexity index is 968. The van der Waals surface area contributed by atoms with Gasteiger partial charge in [0.05, 0.1) is 12.7 Å². The maximum Gasteiger partial charge on any atom is 0.261 e. The Morgan fingerprint density at radius 1 is 1.00 bits per heavy atom. The maximum absolute atomic E-state index is 12.2. The number of rotatable bonds is 6.